The van der Waals surface area contributed by atoms with Crippen molar-refractivity contribution in [3.8, 4) is 11.5 Å². The highest BCUT2D eigenvalue weighted by Gasteiger charge is 2.22. The van der Waals surface area contributed by atoms with Gasteiger partial charge in [0.25, 0.3) is 11.8 Å². The van der Waals surface area contributed by atoms with Crippen LogP contribution in [0, 0.1) is 0 Å². The van der Waals surface area contributed by atoms with Gasteiger partial charge in [-0.05, 0) is 54.7 Å². The van der Waals surface area contributed by atoms with Gasteiger partial charge in [0.1, 0.15) is 4.88 Å². The Hall–Kier alpha value is -3.30. The molecule has 8 nitrogen and oxygen atoms in total. The van der Waals surface area contributed by atoms with Gasteiger partial charge in [0.05, 0.1) is 18.9 Å². The van der Waals surface area contributed by atoms with Crippen LogP contribution in [-0.4, -0.2) is 29.4 Å². The van der Waals surface area contributed by atoms with Crippen molar-refractivity contribution >= 4 is 40.6 Å². The van der Waals surface area contributed by atoms with E-state index in [1.165, 1.54) is 0 Å². The van der Waals surface area contributed by atoms with E-state index in [2.05, 4.69) is 15.0 Å². The van der Waals surface area contributed by atoms with E-state index < -0.39 is 11.8 Å². The van der Waals surface area contributed by atoms with E-state index in [4.69, 9.17) is 26.8 Å². The zero-order valence-electron chi connectivity index (χ0n) is 18.3. The standard InChI is InChI=1S/C23H25ClN4O4S/c1-3-31-17-10-9-14(11-18(17)32-4-2)12-26-23(30)21-19(25)20(28-33-21)22(29)27-13-15-7-5-6-8-16(15)24/h5-11H,3-4,12-13,25H2,1-2H3,(H,26,30)(H,27,29). The molecule has 0 radical (unpaired) electrons. The van der Waals surface area contributed by atoms with Crippen LogP contribution in [0.3, 0.4) is 0 Å². The third-order valence-corrected chi connectivity index (χ3v) is 5.84. The normalized spacial score (nSPS) is 10.5. The van der Waals surface area contributed by atoms with E-state index in [0.29, 0.717) is 29.7 Å². The Morgan fingerprint density at radius 3 is 2.42 bits per heavy atom. The highest BCUT2D eigenvalue weighted by atomic mass is 35.5. The second kappa shape index (κ2) is 11.5. The van der Waals surface area contributed by atoms with Gasteiger partial charge in [-0.15, -0.1) is 0 Å². The Morgan fingerprint density at radius 1 is 1.00 bits per heavy atom. The van der Waals surface area contributed by atoms with Crippen LogP contribution >= 0.6 is 23.1 Å². The predicted molar refractivity (Wildman–Crippen MR) is 129 cm³/mol. The number of anilines is 1. The number of nitrogens with zero attached hydrogens (tertiary/aromatic N) is 1. The Morgan fingerprint density at radius 2 is 1.70 bits per heavy atom. The topological polar surface area (TPSA) is 116 Å². The second-order valence-electron chi connectivity index (χ2n) is 6.88. The third kappa shape index (κ3) is 6.15. The molecule has 0 fully saturated rings. The minimum absolute atomic E-state index is 0.0110. The largest absolute Gasteiger partial charge is 0.490 e. The molecule has 0 spiro atoms. The quantitative estimate of drug-likeness (QED) is 0.396. The summed E-state index contributed by atoms with van der Waals surface area (Å²) in [6, 6.07) is 12.7. The van der Waals surface area contributed by atoms with Gasteiger partial charge in [0.15, 0.2) is 17.2 Å². The number of benzene rings is 2. The van der Waals surface area contributed by atoms with Gasteiger partial charge in [0, 0.05) is 18.1 Å². The highest BCUT2D eigenvalue weighted by molar-refractivity contribution is 7.09. The van der Waals surface area contributed by atoms with Crippen molar-refractivity contribution in [2.75, 3.05) is 18.9 Å². The minimum Gasteiger partial charge on any atom is -0.490 e. The molecule has 0 bridgehead atoms. The van der Waals surface area contributed by atoms with Crippen molar-refractivity contribution in [2.24, 2.45) is 0 Å². The summed E-state index contributed by atoms with van der Waals surface area (Å²) in [6.07, 6.45) is 0. The van der Waals surface area contributed by atoms with Gasteiger partial charge < -0.3 is 25.8 Å². The SMILES string of the molecule is CCOc1ccc(CNC(=O)c2snc(C(=O)NCc3ccccc3Cl)c2N)cc1OCC. The van der Waals surface area contributed by atoms with Crippen LogP contribution < -0.4 is 25.8 Å². The van der Waals surface area contributed by atoms with E-state index in [1.54, 1.807) is 12.1 Å². The van der Waals surface area contributed by atoms with E-state index >= 15 is 0 Å². The fourth-order valence-electron chi connectivity index (χ4n) is 2.99. The number of halogens is 1. The Bertz CT molecular complexity index is 1140. The Kier molecular flexibility index (Phi) is 8.51. The van der Waals surface area contributed by atoms with E-state index in [1.807, 2.05) is 44.2 Å². The van der Waals surface area contributed by atoms with Crippen LogP contribution in [-0.2, 0) is 13.1 Å². The smallest absolute Gasteiger partial charge is 0.273 e. The van der Waals surface area contributed by atoms with Crippen molar-refractivity contribution in [3.63, 3.8) is 0 Å². The van der Waals surface area contributed by atoms with Crippen LogP contribution in [0.15, 0.2) is 42.5 Å². The number of nitrogens with two attached hydrogens (primary N) is 1. The summed E-state index contributed by atoms with van der Waals surface area (Å²) in [7, 11) is 0. The van der Waals surface area contributed by atoms with E-state index in [9.17, 15) is 9.59 Å². The number of nitrogens with one attached hydrogen (secondary N) is 2. The van der Waals surface area contributed by atoms with E-state index in [0.717, 1.165) is 22.7 Å². The number of nitrogen functional groups attached to an aromatic ring is 1. The lowest BCUT2D eigenvalue weighted by Crippen LogP contribution is -2.25. The van der Waals surface area contributed by atoms with Crippen molar-refractivity contribution in [1.29, 1.82) is 0 Å². The fraction of sp³-hybridized carbons (Fsp3) is 0.261. The lowest BCUT2D eigenvalue weighted by molar-refractivity contribution is 0.0946. The summed E-state index contributed by atoms with van der Waals surface area (Å²) in [6.45, 7) is 5.27. The van der Waals surface area contributed by atoms with Crippen molar-refractivity contribution in [3.05, 3.63) is 69.2 Å². The van der Waals surface area contributed by atoms with Crippen LogP contribution in [0.5, 0.6) is 11.5 Å². The number of carbonyl (C=O) groups excluding carboxylic acids is 2. The molecular formula is C23H25ClN4O4S. The van der Waals surface area contributed by atoms with Gasteiger partial charge in [-0.25, -0.2) is 0 Å². The molecule has 0 aliphatic carbocycles. The first kappa shape index (κ1) is 24.3. The molecule has 33 heavy (non-hydrogen) atoms. The molecule has 3 rings (SSSR count). The summed E-state index contributed by atoms with van der Waals surface area (Å²) >= 11 is 6.98. The summed E-state index contributed by atoms with van der Waals surface area (Å²) in [5.41, 5.74) is 7.70. The van der Waals surface area contributed by atoms with Gasteiger partial charge in [-0.1, -0.05) is 35.9 Å². The van der Waals surface area contributed by atoms with Crippen LogP contribution in [0.1, 0.15) is 45.1 Å². The second-order valence-corrected chi connectivity index (χ2v) is 8.06. The zero-order chi connectivity index (χ0) is 23.8. The number of carbonyl (C=O) groups is 2. The number of ether oxygens (including phenoxy) is 2. The summed E-state index contributed by atoms with van der Waals surface area (Å²) < 4.78 is 15.2. The molecule has 1 heterocycles. The molecule has 0 saturated carbocycles. The van der Waals surface area contributed by atoms with Crippen LogP contribution in [0.25, 0.3) is 0 Å². The van der Waals surface area contributed by atoms with Gasteiger partial charge in [0.2, 0.25) is 0 Å². The molecule has 3 aromatic rings. The number of amides is 2. The molecule has 0 aliphatic rings. The fourth-order valence-corrected chi connectivity index (χ4v) is 3.91. The minimum atomic E-state index is -0.476. The molecule has 0 atom stereocenters. The van der Waals surface area contributed by atoms with Gasteiger partial charge in [-0.2, -0.15) is 4.37 Å². The molecule has 4 N–H and O–H groups in total. The first-order valence-corrected chi connectivity index (χ1v) is 11.5. The maximum absolute atomic E-state index is 12.7. The van der Waals surface area contributed by atoms with Crippen molar-refractivity contribution in [1.82, 2.24) is 15.0 Å². The maximum atomic E-state index is 12.7. The highest BCUT2D eigenvalue weighted by Crippen LogP contribution is 2.29. The first-order chi connectivity index (χ1) is 15.9. The lowest BCUT2D eigenvalue weighted by Gasteiger charge is -2.12. The number of hydrogen-bond donors (Lipinski definition) is 3. The number of rotatable bonds is 10. The average molecular weight is 489 g/mol. The average Bonchev–Trinajstić information content (AvgIpc) is 3.20. The van der Waals surface area contributed by atoms with E-state index in [-0.39, 0.29) is 29.3 Å². The summed E-state index contributed by atoms with van der Waals surface area (Å²) in [5.74, 6) is 0.368. The molecular weight excluding hydrogens is 464 g/mol. The summed E-state index contributed by atoms with van der Waals surface area (Å²) in [5, 5.41) is 6.07. The van der Waals surface area contributed by atoms with Crippen molar-refractivity contribution in [2.45, 2.75) is 26.9 Å². The van der Waals surface area contributed by atoms with Crippen molar-refractivity contribution < 1.29 is 19.1 Å². The lowest BCUT2D eigenvalue weighted by atomic mass is 10.2. The number of hydrogen-bond acceptors (Lipinski definition) is 7. The molecule has 0 aliphatic heterocycles. The predicted octanol–water partition coefficient (Wildman–Crippen LogP) is 4.04. The third-order valence-electron chi connectivity index (χ3n) is 4.61. The van der Waals surface area contributed by atoms with Crippen LogP contribution in [0.2, 0.25) is 5.02 Å². The maximum Gasteiger partial charge on any atom is 0.273 e. The van der Waals surface area contributed by atoms with Crippen LogP contribution in [0.4, 0.5) is 5.69 Å². The molecule has 0 unspecified atom stereocenters. The monoisotopic (exact) mass is 488 g/mol. The first-order valence-electron chi connectivity index (χ1n) is 10.4. The molecule has 0 saturated heterocycles. The molecule has 2 aromatic carbocycles. The zero-order valence-corrected chi connectivity index (χ0v) is 19.9. The van der Waals surface area contributed by atoms with Gasteiger partial charge in [-0.3, -0.25) is 9.59 Å². The Labute approximate surface area is 201 Å². The molecule has 1 aromatic heterocycles. The molecule has 174 valence electrons. The Balaban J connectivity index is 1.63. The summed E-state index contributed by atoms with van der Waals surface area (Å²) in [4.78, 5) is 25.3. The molecule has 2 amide bonds. The molecule has 10 heteroatoms. The van der Waals surface area contributed by atoms with Gasteiger partial charge >= 0.3 is 0 Å². The number of aromatic nitrogens is 1.